The van der Waals surface area contributed by atoms with Crippen molar-refractivity contribution in [3.05, 3.63) is 0 Å². The largest absolute Gasteiger partial charge is 0.298 e. The van der Waals surface area contributed by atoms with E-state index in [-0.39, 0.29) is 23.7 Å². The average Bonchev–Trinajstić information content (AvgIpc) is 2.59. The molecule has 1 unspecified atom stereocenters. The number of ketones is 1. The maximum Gasteiger partial charge on any atom is 0.224 e. The summed E-state index contributed by atoms with van der Waals surface area (Å²) in [6.07, 6.45) is 0. The van der Waals surface area contributed by atoms with Crippen LogP contribution in [0.25, 0.3) is 0 Å². The van der Waals surface area contributed by atoms with Gasteiger partial charge in [-0.2, -0.15) is 0 Å². The van der Waals surface area contributed by atoms with Crippen molar-refractivity contribution in [3.8, 4) is 0 Å². The highest BCUT2D eigenvalue weighted by Gasteiger charge is 2.42. The molecule has 0 fully saturated rings. The second-order valence-corrected chi connectivity index (χ2v) is 5.58. The van der Waals surface area contributed by atoms with Crippen molar-refractivity contribution in [1.29, 1.82) is 0 Å². The first kappa shape index (κ1) is 13.9. The minimum absolute atomic E-state index is 0.0438. The molecule has 4 heteroatoms. The minimum atomic E-state index is -0.690. The Hall–Kier alpha value is -1.19. The summed E-state index contributed by atoms with van der Waals surface area (Å²) >= 11 is 0. The van der Waals surface area contributed by atoms with Crippen LogP contribution in [0, 0.1) is 11.3 Å². The van der Waals surface area contributed by atoms with Gasteiger partial charge in [0.2, 0.25) is 5.91 Å². The van der Waals surface area contributed by atoms with E-state index < -0.39 is 5.41 Å². The molecule has 0 N–H and O–H groups in total. The summed E-state index contributed by atoms with van der Waals surface area (Å²) in [6, 6.07) is 0.0770. The van der Waals surface area contributed by atoms with Gasteiger partial charge in [0, 0.05) is 19.4 Å². The molecule has 0 radical (unpaired) electrons. The smallest absolute Gasteiger partial charge is 0.224 e. The Morgan fingerprint density at radius 1 is 1.41 bits per heavy atom. The molecule has 0 saturated carbocycles. The number of amidine groups is 1. The summed E-state index contributed by atoms with van der Waals surface area (Å²) < 4.78 is 0. The fraction of sp³-hybridized carbons (Fsp3) is 0.769. The molecule has 0 saturated heterocycles. The predicted molar refractivity (Wildman–Crippen MR) is 67.9 cm³/mol. The Balaban J connectivity index is 3.09. The highest BCUT2D eigenvalue weighted by Crippen LogP contribution is 2.29. The van der Waals surface area contributed by atoms with Crippen molar-refractivity contribution in [2.45, 2.75) is 47.6 Å². The first-order valence-corrected chi connectivity index (χ1v) is 6.08. The molecule has 1 amide bonds. The topological polar surface area (TPSA) is 49.7 Å². The molecule has 1 atom stereocenters. The lowest BCUT2D eigenvalue weighted by Crippen LogP contribution is -2.46. The monoisotopic (exact) mass is 238 g/mol. The molecule has 1 aliphatic heterocycles. The molecule has 1 heterocycles. The maximum absolute atomic E-state index is 12.2. The van der Waals surface area contributed by atoms with Gasteiger partial charge in [-0.1, -0.05) is 13.8 Å². The van der Waals surface area contributed by atoms with Crippen LogP contribution in [0.3, 0.4) is 0 Å². The first-order valence-electron chi connectivity index (χ1n) is 6.08. The summed E-state index contributed by atoms with van der Waals surface area (Å²) in [5, 5.41) is 0. The lowest BCUT2D eigenvalue weighted by molar-refractivity contribution is -0.128. The summed E-state index contributed by atoms with van der Waals surface area (Å²) in [7, 11) is 0. The second-order valence-electron chi connectivity index (χ2n) is 5.58. The molecule has 17 heavy (non-hydrogen) atoms. The van der Waals surface area contributed by atoms with E-state index in [9.17, 15) is 9.59 Å². The van der Waals surface area contributed by atoms with Gasteiger partial charge in [0.25, 0.3) is 0 Å². The Bertz CT molecular complexity index is 370. The number of hydrogen-bond donors (Lipinski definition) is 0. The Labute approximate surface area is 103 Å². The van der Waals surface area contributed by atoms with E-state index >= 15 is 0 Å². The van der Waals surface area contributed by atoms with Gasteiger partial charge < -0.3 is 0 Å². The van der Waals surface area contributed by atoms with E-state index in [2.05, 4.69) is 4.99 Å². The van der Waals surface area contributed by atoms with Crippen LogP contribution < -0.4 is 0 Å². The van der Waals surface area contributed by atoms with E-state index in [0.29, 0.717) is 12.4 Å². The van der Waals surface area contributed by atoms with Crippen LogP contribution in [0.2, 0.25) is 0 Å². The Morgan fingerprint density at radius 2 is 1.94 bits per heavy atom. The normalized spacial score (nSPS) is 20.8. The molecule has 0 aromatic heterocycles. The van der Waals surface area contributed by atoms with Crippen molar-refractivity contribution >= 4 is 17.5 Å². The van der Waals surface area contributed by atoms with Crippen LogP contribution in [0.4, 0.5) is 0 Å². The lowest BCUT2D eigenvalue weighted by Gasteiger charge is -2.30. The number of carbonyl (C=O) groups is 2. The molecule has 1 aliphatic rings. The van der Waals surface area contributed by atoms with Gasteiger partial charge in [0.15, 0.2) is 0 Å². The molecule has 1 rings (SSSR count). The number of Topliss-reactive ketones (excluding diaryl/α,β-unsaturated/α-hetero) is 1. The quantitative estimate of drug-likeness (QED) is 0.754. The van der Waals surface area contributed by atoms with E-state index in [1.165, 1.54) is 6.92 Å². The van der Waals surface area contributed by atoms with Gasteiger partial charge in [-0.15, -0.1) is 0 Å². The van der Waals surface area contributed by atoms with Gasteiger partial charge in [-0.05, 0) is 20.8 Å². The van der Waals surface area contributed by atoms with E-state index in [4.69, 9.17) is 0 Å². The molecule has 0 aromatic rings. The fourth-order valence-corrected chi connectivity index (χ4v) is 2.28. The van der Waals surface area contributed by atoms with E-state index in [1.54, 1.807) is 4.90 Å². The van der Waals surface area contributed by atoms with Crippen LogP contribution >= 0.6 is 0 Å². The Kier molecular flexibility index (Phi) is 3.74. The van der Waals surface area contributed by atoms with Crippen LogP contribution in [0.1, 0.15) is 41.5 Å². The number of carbonyl (C=O) groups excluding carboxylic acids is 2. The number of aliphatic imine (C=N–C) groups is 1. The number of amides is 1. The molecular weight excluding hydrogens is 216 g/mol. The highest BCUT2D eigenvalue weighted by molar-refractivity contribution is 6.13. The zero-order valence-electron chi connectivity index (χ0n) is 11.6. The van der Waals surface area contributed by atoms with E-state index in [0.717, 1.165) is 0 Å². The predicted octanol–water partition coefficient (Wildman–Crippen LogP) is 1.89. The summed E-state index contributed by atoms with van der Waals surface area (Å²) in [6.45, 7) is 11.5. The van der Waals surface area contributed by atoms with Gasteiger partial charge >= 0.3 is 0 Å². The van der Waals surface area contributed by atoms with Crippen LogP contribution in [-0.2, 0) is 9.59 Å². The van der Waals surface area contributed by atoms with E-state index in [1.807, 2.05) is 34.6 Å². The van der Waals surface area contributed by atoms with Crippen LogP contribution in [0.15, 0.2) is 4.99 Å². The van der Waals surface area contributed by atoms with Crippen molar-refractivity contribution in [2.24, 2.45) is 16.3 Å². The lowest BCUT2D eigenvalue weighted by atomic mass is 9.81. The molecular formula is C13H22N2O2. The Morgan fingerprint density at radius 3 is 2.35 bits per heavy atom. The molecule has 0 spiro atoms. The van der Waals surface area contributed by atoms with Gasteiger partial charge in [-0.3, -0.25) is 19.5 Å². The summed E-state index contributed by atoms with van der Waals surface area (Å²) in [5.74, 6) is 0.642. The van der Waals surface area contributed by atoms with Crippen molar-refractivity contribution in [2.75, 3.05) is 6.54 Å². The molecule has 0 aromatic carbocycles. The standard InChI is InChI=1S/C13H22N2O2/c1-8(2)11(17)13(5,6)12-14-9(3)7-15(12)10(4)16/h8-9H,7H2,1-6H3. The van der Waals surface area contributed by atoms with Crippen molar-refractivity contribution < 1.29 is 9.59 Å². The summed E-state index contributed by atoms with van der Waals surface area (Å²) in [4.78, 5) is 29.9. The van der Waals surface area contributed by atoms with Gasteiger partial charge in [0.05, 0.1) is 11.5 Å². The number of hydrogen-bond acceptors (Lipinski definition) is 3. The third kappa shape index (κ3) is 2.56. The third-order valence-corrected chi connectivity index (χ3v) is 3.12. The maximum atomic E-state index is 12.2. The van der Waals surface area contributed by atoms with Crippen LogP contribution in [-0.4, -0.2) is 35.0 Å². The second kappa shape index (κ2) is 4.59. The molecule has 4 nitrogen and oxygen atoms in total. The average molecular weight is 238 g/mol. The number of rotatable bonds is 3. The zero-order valence-corrected chi connectivity index (χ0v) is 11.6. The van der Waals surface area contributed by atoms with Crippen molar-refractivity contribution in [1.82, 2.24) is 4.90 Å². The van der Waals surface area contributed by atoms with Gasteiger partial charge in [-0.25, -0.2) is 0 Å². The molecule has 0 bridgehead atoms. The van der Waals surface area contributed by atoms with Gasteiger partial charge in [0.1, 0.15) is 11.6 Å². The zero-order chi connectivity index (χ0) is 13.4. The SMILES string of the molecule is CC(=O)N1CC(C)N=C1C(C)(C)C(=O)C(C)C. The molecule has 96 valence electrons. The molecule has 0 aliphatic carbocycles. The van der Waals surface area contributed by atoms with Crippen molar-refractivity contribution in [3.63, 3.8) is 0 Å². The number of nitrogens with zero attached hydrogens (tertiary/aromatic N) is 2. The minimum Gasteiger partial charge on any atom is -0.298 e. The fourth-order valence-electron chi connectivity index (χ4n) is 2.28. The first-order chi connectivity index (χ1) is 7.67. The van der Waals surface area contributed by atoms with Crippen LogP contribution in [0.5, 0.6) is 0 Å². The third-order valence-electron chi connectivity index (χ3n) is 3.12. The summed E-state index contributed by atoms with van der Waals surface area (Å²) in [5.41, 5.74) is -0.690. The highest BCUT2D eigenvalue weighted by atomic mass is 16.2.